The van der Waals surface area contributed by atoms with Crippen molar-refractivity contribution in [3.05, 3.63) is 101 Å². The predicted molar refractivity (Wildman–Crippen MR) is 96.4 cm³/mol. The molecule has 0 aliphatic heterocycles. The van der Waals surface area contributed by atoms with Gasteiger partial charge in [-0.05, 0) is 48.0 Å². The molecule has 1 atom stereocenters. The molecule has 1 N–H and O–H groups in total. The number of carbonyl (C=O) groups excluding carboxylic acids is 1. The number of carbonyl (C=O) groups is 1. The number of nitrogens with one attached hydrogen (secondary N) is 1. The molecule has 1 heterocycles. The van der Waals surface area contributed by atoms with Gasteiger partial charge < -0.3 is 5.32 Å². The summed E-state index contributed by atoms with van der Waals surface area (Å²) in [6, 6.07) is 7.95. The fourth-order valence-electron chi connectivity index (χ4n) is 2.91. The number of rotatable bonds is 4. The standard InChI is InChI=1S/C21H13F7N2O/c22-15-4-1-3-13(11-15)19(31)30-17(12-6-8-14(9-7-12)20(23,24)25)18-16(21(26,27)28)5-2-10-29-18/h1-11,17H,(H,30,31). The zero-order chi connectivity index (χ0) is 22.8. The van der Waals surface area contributed by atoms with Crippen LogP contribution in [0.4, 0.5) is 30.7 Å². The average molecular weight is 442 g/mol. The molecule has 3 rings (SSSR count). The van der Waals surface area contributed by atoms with E-state index in [0.29, 0.717) is 12.1 Å². The van der Waals surface area contributed by atoms with Crippen LogP contribution in [0.1, 0.15) is 38.8 Å². The molecule has 3 aromatic rings. The highest BCUT2D eigenvalue weighted by Gasteiger charge is 2.37. The molecule has 0 saturated heterocycles. The largest absolute Gasteiger partial charge is 0.418 e. The third kappa shape index (κ3) is 5.19. The maximum atomic E-state index is 13.5. The Kier molecular flexibility index (Phi) is 6.01. The molecule has 1 amide bonds. The molecule has 0 spiro atoms. The number of aromatic nitrogens is 1. The van der Waals surface area contributed by atoms with Crippen LogP contribution in [0, 0.1) is 5.82 Å². The predicted octanol–water partition coefficient (Wildman–Crippen LogP) is 5.78. The Hall–Kier alpha value is -3.43. The van der Waals surface area contributed by atoms with Gasteiger partial charge in [-0.15, -0.1) is 0 Å². The highest BCUT2D eigenvalue weighted by atomic mass is 19.4. The number of hydrogen-bond donors (Lipinski definition) is 1. The summed E-state index contributed by atoms with van der Waals surface area (Å²) in [5.74, 6) is -1.67. The first-order chi connectivity index (χ1) is 14.5. The van der Waals surface area contributed by atoms with Gasteiger partial charge >= 0.3 is 12.4 Å². The van der Waals surface area contributed by atoms with Crippen molar-refractivity contribution in [2.45, 2.75) is 18.4 Å². The van der Waals surface area contributed by atoms with Gasteiger partial charge in [-0.1, -0.05) is 18.2 Å². The summed E-state index contributed by atoms with van der Waals surface area (Å²) in [7, 11) is 0. The maximum Gasteiger partial charge on any atom is 0.418 e. The fourth-order valence-corrected chi connectivity index (χ4v) is 2.91. The summed E-state index contributed by atoms with van der Waals surface area (Å²) < 4.78 is 92.6. The smallest absolute Gasteiger partial charge is 0.340 e. The monoisotopic (exact) mass is 442 g/mol. The molecule has 0 fully saturated rings. The second kappa shape index (κ2) is 8.37. The number of hydrogen-bond acceptors (Lipinski definition) is 2. The summed E-state index contributed by atoms with van der Waals surface area (Å²) in [6.45, 7) is 0. The summed E-state index contributed by atoms with van der Waals surface area (Å²) in [6.07, 6.45) is -8.42. The molecule has 2 aromatic carbocycles. The SMILES string of the molecule is O=C(NC(c1ccc(C(F)(F)F)cc1)c1ncccc1C(F)(F)F)c1cccc(F)c1. The lowest BCUT2D eigenvalue weighted by Gasteiger charge is -2.23. The van der Waals surface area contributed by atoms with Crippen molar-refractivity contribution in [1.82, 2.24) is 10.3 Å². The number of benzene rings is 2. The summed E-state index contributed by atoms with van der Waals surface area (Å²) in [5, 5.41) is 2.31. The van der Waals surface area contributed by atoms with Gasteiger partial charge in [0.25, 0.3) is 5.91 Å². The molecule has 10 heteroatoms. The molecular formula is C21H13F7N2O. The lowest BCUT2D eigenvalue weighted by molar-refractivity contribution is -0.139. The topological polar surface area (TPSA) is 42.0 Å². The van der Waals surface area contributed by atoms with Gasteiger partial charge in [-0.3, -0.25) is 9.78 Å². The van der Waals surface area contributed by atoms with E-state index >= 15 is 0 Å². The number of pyridine rings is 1. The Bertz CT molecular complexity index is 1080. The molecular weight excluding hydrogens is 429 g/mol. The quantitative estimate of drug-likeness (QED) is 0.521. The third-order valence-corrected chi connectivity index (χ3v) is 4.35. The van der Waals surface area contributed by atoms with Crippen molar-refractivity contribution in [2.75, 3.05) is 0 Å². The van der Waals surface area contributed by atoms with Crippen LogP contribution in [0.5, 0.6) is 0 Å². The number of alkyl halides is 6. The van der Waals surface area contributed by atoms with Gasteiger partial charge in [0.1, 0.15) is 5.82 Å². The Balaban J connectivity index is 2.08. The average Bonchev–Trinajstić information content (AvgIpc) is 2.71. The van der Waals surface area contributed by atoms with E-state index in [1.807, 2.05) is 0 Å². The van der Waals surface area contributed by atoms with Crippen LogP contribution in [-0.4, -0.2) is 10.9 Å². The Labute approximate surface area is 171 Å². The normalized spacial score (nSPS) is 13.0. The zero-order valence-electron chi connectivity index (χ0n) is 15.4. The van der Waals surface area contributed by atoms with Crippen molar-refractivity contribution in [2.24, 2.45) is 0 Å². The first kappa shape index (κ1) is 22.3. The van der Waals surface area contributed by atoms with Crippen LogP contribution in [0.2, 0.25) is 0 Å². The van der Waals surface area contributed by atoms with Crippen LogP contribution < -0.4 is 5.32 Å². The summed E-state index contributed by atoms with van der Waals surface area (Å²) >= 11 is 0. The van der Waals surface area contributed by atoms with Gasteiger partial charge in [-0.25, -0.2) is 4.39 Å². The van der Waals surface area contributed by atoms with Crippen LogP contribution in [0.15, 0.2) is 66.9 Å². The van der Waals surface area contributed by atoms with Crippen LogP contribution in [0.25, 0.3) is 0 Å². The first-order valence-corrected chi connectivity index (χ1v) is 8.72. The molecule has 0 saturated carbocycles. The van der Waals surface area contributed by atoms with Gasteiger partial charge in [0.15, 0.2) is 0 Å². The second-order valence-corrected chi connectivity index (χ2v) is 6.47. The van der Waals surface area contributed by atoms with E-state index in [-0.39, 0.29) is 11.1 Å². The lowest BCUT2D eigenvalue weighted by Crippen LogP contribution is -2.31. The maximum absolute atomic E-state index is 13.5. The second-order valence-electron chi connectivity index (χ2n) is 6.47. The van der Waals surface area contributed by atoms with Crippen molar-refractivity contribution in [1.29, 1.82) is 0 Å². The third-order valence-electron chi connectivity index (χ3n) is 4.35. The van der Waals surface area contributed by atoms with Gasteiger partial charge in [0, 0.05) is 11.8 Å². The van der Waals surface area contributed by atoms with Crippen molar-refractivity contribution in [3.8, 4) is 0 Å². The van der Waals surface area contributed by atoms with Crippen molar-refractivity contribution in [3.63, 3.8) is 0 Å². The van der Waals surface area contributed by atoms with Gasteiger partial charge in [0.2, 0.25) is 0 Å². The number of nitrogens with zero attached hydrogens (tertiary/aromatic N) is 1. The molecule has 3 nitrogen and oxygen atoms in total. The molecule has 1 unspecified atom stereocenters. The summed E-state index contributed by atoms with van der Waals surface area (Å²) in [4.78, 5) is 16.3. The zero-order valence-corrected chi connectivity index (χ0v) is 15.4. The van der Waals surface area contributed by atoms with Crippen LogP contribution in [-0.2, 0) is 12.4 Å². The molecule has 0 aliphatic carbocycles. The van der Waals surface area contributed by atoms with Crippen molar-refractivity contribution >= 4 is 5.91 Å². The van der Waals surface area contributed by atoms with Gasteiger partial charge in [0.05, 0.1) is 22.9 Å². The van der Waals surface area contributed by atoms with E-state index in [4.69, 9.17) is 0 Å². The fraction of sp³-hybridized carbons (Fsp3) is 0.143. The molecule has 1 aromatic heterocycles. The van der Waals surface area contributed by atoms with E-state index in [1.54, 1.807) is 0 Å². The highest BCUT2D eigenvalue weighted by molar-refractivity contribution is 5.94. The highest BCUT2D eigenvalue weighted by Crippen LogP contribution is 2.36. The van der Waals surface area contributed by atoms with Crippen LogP contribution in [0.3, 0.4) is 0 Å². The number of halogens is 7. The molecule has 0 aliphatic rings. The van der Waals surface area contributed by atoms with Crippen molar-refractivity contribution < 1.29 is 35.5 Å². The van der Waals surface area contributed by atoms with E-state index in [1.165, 1.54) is 12.1 Å². The Morgan fingerprint density at radius 2 is 1.55 bits per heavy atom. The Morgan fingerprint density at radius 3 is 2.13 bits per heavy atom. The molecule has 0 bridgehead atoms. The van der Waals surface area contributed by atoms with E-state index in [0.717, 1.165) is 42.6 Å². The Morgan fingerprint density at radius 1 is 0.871 bits per heavy atom. The van der Waals surface area contributed by atoms with E-state index < -0.39 is 46.9 Å². The molecule has 162 valence electrons. The van der Waals surface area contributed by atoms with Gasteiger partial charge in [-0.2, -0.15) is 26.3 Å². The summed E-state index contributed by atoms with van der Waals surface area (Å²) in [5.41, 5.74) is -3.04. The molecule has 31 heavy (non-hydrogen) atoms. The minimum Gasteiger partial charge on any atom is -0.340 e. The van der Waals surface area contributed by atoms with Crippen LogP contribution >= 0.6 is 0 Å². The van der Waals surface area contributed by atoms with E-state index in [9.17, 15) is 35.5 Å². The lowest BCUT2D eigenvalue weighted by atomic mass is 9.97. The minimum atomic E-state index is -4.84. The number of amides is 1. The minimum absolute atomic E-state index is 0.0676. The van der Waals surface area contributed by atoms with E-state index in [2.05, 4.69) is 10.3 Å². The molecule has 0 radical (unpaired) electrons. The first-order valence-electron chi connectivity index (χ1n) is 8.72.